The molecule has 9 nitrogen and oxygen atoms in total. The second kappa shape index (κ2) is 6.48. The van der Waals surface area contributed by atoms with Crippen molar-refractivity contribution < 1.29 is 19.1 Å². The van der Waals surface area contributed by atoms with Crippen LogP contribution in [0.25, 0.3) is 0 Å². The summed E-state index contributed by atoms with van der Waals surface area (Å²) in [6.45, 7) is 2.34. The lowest BCUT2D eigenvalue weighted by atomic mass is 10.1. The van der Waals surface area contributed by atoms with Gasteiger partial charge < -0.3 is 15.0 Å². The molecule has 0 unspecified atom stereocenters. The van der Waals surface area contributed by atoms with Gasteiger partial charge in [0.25, 0.3) is 0 Å². The van der Waals surface area contributed by atoms with Crippen molar-refractivity contribution in [3.63, 3.8) is 0 Å². The van der Waals surface area contributed by atoms with Crippen LogP contribution >= 0.6 is 11.5 Å². The molecule has 1 aromatic heterocycles. The highest BCUT2D eigenvalue weighted by molar-refractivity contribution is 7.09. The van der Waals surface area contributed by atoms with Crippen molar-refractivity contribution >= 4 is 34.6 Å². The monoisotopic (exact) mass is 313 g/mol. The number of carbonyl (C=O) groups excluding carboxylic acids is 3. The van der Waals surface area contributed by atoms with Gasteiger partial charge >= 0.3 is 12.0 Å². The van der Waals surface area contributed by atoms with Crippen LogP contribution in [-0.4, -0.2) is 58.4 Å². The fourth-order valence-electron chi connectivity index (χ4n) is 1.91. The zero-order chi connectivity index (χ0) is 15.4. The van der Waals surface area contributed by atoms with Gasteiger partial charge in [-0.1, -0.05) is 0 Å². The summed E-state index contributed by atoms with van der Waals surface area (Å²) in [5.74, 6) is -0.380. The number of nitrogens with one attached hydrogen (secondary N) is 2. The maximum absolute atomic E-state index is 12.2. The number of amides is 3. The summed E-state index contributed by atoms with van der Waals surface area (Å²) in [5, 5.41) is 5.54. The number of piperazine rings is 1. The SMILES string of the molecule is COC(=O)C[C@@H]1C(=O)NCCN1C(=O)Nc1nc(C)ns1. The standard InChI is InChI=1S/C11H15N5O4S/c1-6-13-10(21-15-6)14-11(19)16-4-3-12-9(18)7(16)5-8(17)20-2/h7H,3-5H2,1-2H3,(H,12,18)(H,13,14,15,19)/t7-/m1/s1. The molecule has 1 atom stereocenters. The highest BCUT2D eigenvalue weighted by Gasteiger charge is 2.35. The maximum atomic E-state index is 12.2. The zero-order valence-corrected chi connectivity index (χ0v) is 12.4. The average molecular weight is 313 g/mol. The molecule has 0 aromatic carbocycles. The second-order valence-electron chi connectivity index (χ2n) is 4.36. The van der Waals surface area contributed by atoms with Crippen LogP contribution in [0.1, 0.15) is 12.2 Å². The molecule has 1 aromatic rings. The van der Waals surface area contributed by atoms with Gasteiger partial charge in [-0.25, -0.2) is 9.78 Å². The number of rotatable bonds is 3. The van der Waals surface area contributed by atoms with Gasteiger partial charge in [0.05, 0.1) is 13.5 Å². The summed E-state index contributed by atoms with van der Waals surface area (Å²) in [6.07, 6.45) is -0.190. The Morgan fingerprint density at radius 2 is 2.33 bits per heavy atom. The Bertz CT molecular complexity index is 561. The summed E-state index contributed by atoms with van der Waals surface area (Å²) in [7, 11) is 1.23. The van der Waals surface area contributed by atoms with E-state index in [9.17, 15) is 14.4 Å². The van der Waals surface area contributed by atoms with Crippen LogP contribution < -0.4 is 10.6 Å². The number of aromatic nitrogens is 2. The van der Waals surface area contributed by atoms with E-state index in [-0.39, 0.29) is 12.3 Å². The molecule has 1 saturated heterocycles. The van der Waals surface area contributed by atoms with Crippen molar-refractivity contribution in [1.82, 2.24) is 19.6 Å². The fourth-order valence-corrected chi connectivity index (χ4v) is 2.48. The lowest BCUT2D eigenvalue weighted by Crippen LogP contribution is -2.58. The van der Waals surface area contributed by atoms with E-state index < -0.39 is 18.0 Å². The first-order valence-corrected chi connectivity index (χ1v) is 7.01. The minimum Gasteiger partial charge on any atom is -0.469 e. The molecule has 1 aliphatic rings. The van der Waals surface area contributed by atoms with Crippen molar-refractivity contribution in [2.45, 2.75) is 19.4 Å². The molecule has 0 spiro atoms. The number of esters is 1. The molecule has 2 N–H and O–H groups in total. The molecular formula is C11H15N5O4S. The largest absolute Gasteiger partial charge is 0.469 e. The Morgan fingerprint density at radius 1 is 1.57 bits per heavy atom. The van der Waals surface area contributed by atoms with E-state index in [1.165, 1.54) is 12.0 Å². The van der Waals surface area contributed by atoms with Crippen LogP contribution in [0.15, 0.2) is 0 Å². The van der Waals surface area contributed by atoms with Gasteiger partial charge in [-0.05, 0) is 6.92 Å². The molecule has 0 radical (unpaired) electrons. The lowest BCUT2D eigenvalue weighted by Gasteiger charge is -2.34. The van der Waals surface area contributed by atoms with E-state index in [2.05, 4.69) is 24.7 Å². The molecule has 2 rings (SSSR count). The average Bonchev–Trinajstić information content (AvgIpc) is 2.86. The van der Waals surface area contributed by atoms with E-state index in [0.717, 1.165) is 11.5 Å². The predicted molar refractivity (Wildman–Crippen MR) is 73.8 cm³/mol. The number of anilines is 1. The number of aryl methyl sites for hydroxylation is 1. The molecule has 1 aliphatic heterocycles. The first-order chi connectivity index (χ1) is 10.0. The molecule has 10 heteroatoms. The maximum Gasteiger partial charge on any atom is 0.324 e. The van der Waals surface area contributed by atoms with Crippen molar-refractivity contribution in [2.24, 2.45) is 0 Å². The van der Waals surface area contributed by atoms with Gasteiger partial charge in [0, 0.05) is 24.6 Å². The Hall–Kier alpha value is -2.23. The van der Waals surface area contributed by atoms with Crippen molar-refractivity contribution in [3.8, 4) is 0 Å². The van der Waals surface area contributed by atoms with Crippen LogP contribution in [0.2, 0.25) is 0 Å². The van der Waals surface area contributed by atoms with Crippen molar-refractivity contribution in [2.75, 3.05) is 25.5 Å². The minimum absolute atomic E-state index is 0.190. The summed E-state index contributed by atoms with van der Waals surface area (Å²) in [5.41, 5.74) is 0. The van der Waals surface area contributed by atoms with Crippen LogP contribution in [0, 0.1) is 6.92 Å². The summed E-state index contributed by atoms with van der Waals surface area (Å²) in [4.78, 5) is 40.8. The molecule has 2 heterocycles. The van der Waals surface area contributed by atoms with E-state index >= 15 is 0 Å². The van der Waals surface area contributed by atoms with Crippen LogP contribution in [0.5, 0.6) is 0 Å². The van der Waals surface area contributed by atoms with Crippen LogP contribution in [0.4, 0.5) is 9.93 Å². The Labute approximate surface area is 124 Å². The Morgan fingerprint density at radius 3 is 2.95 bits per heavy atom. The van der Waals surface area contributed by atoms with Gasteiger partial charge in [0.1, 0.15) is 11.9 Å². The smallest absolute Gasteiger partial charge is 0.324 e. The van der Waals surface area contributed by atoms with Gasteiger partial charge in [0.2, 0.25) is 11.0 Å². The predicted octanol–water partition coefficient (Wildman–Crippen LogP) is -0.258. The summed E-state index contributed by atoms with van der Waals surface area (Å²) >= 11 is 1.05. The van der Waals surface area contributed by atoms with Gasteiger partial charge in [-0.2, -0.15) is 4.37 Å². The van der Waals surface area contributed by atoms with E-state index in [0.29, 0.717) is 24.0 Å². The highest BCUT2D eigenvalue weighted by atomic mass is 32.1. The molecule has 21 heavy (non-hydrogen) atoms. The molecule has 1 fully saturated rings. The van der Waals surface area contributed by atoms with E-state index in [4.69, 9.17) is 0 Å². The molecule has 0 aliphatic carbocycles. The van der Waals surface area contributed by atoms with Crippen molar-refractivity contribution in [3.05, 3.63) is 5.82 Å². The van der Waals surface area contributed by atoms with Gasteiger partial charge in [-0.3, -0.25) is 14.9 Å². The number of urea groups is 1. The minimum atomic E-state index is -0.889. The molecule has 114 valence electrons. The first-order valence-electron chi connectivity index (χ1n) is 6.23. The number of ether oxygens (including phenoxy) is 1. The van der Waals surface area contributed by atoms with Gasteiger partial charge in [0.15, 0.2) is 0 Å². The van der Waals surface area contributed by atoms with Crippen LogP contribution in [-0.2, 0) is 14.3 Å². The van der Waals surface area contributed by atoms with Crippen molar-refractivity contribution in [1.29, 1.82) is 0 Å². The third-order valence-corrected chi connectivity index (χ3v) is 3.64. The third kappa shape index (κ3) is 3.66. The number of carbonyl (C=O) groups is 3. The van der Waals surface area contributed by atoms with E-state index in [1.807, 2.05) is 0 Å². The second-order valence-corrected chi connectivity index (χ2v) is 5.11. The Kier molecular flexibility index (Phi) is 4.68. The molecule has 3 amide bonds. The van der Waals surface area contributed by atoms with Crippen LogP contribution in [0.3, 0.4) is 0 Å². The molecule has 0 bridgehead atoms. The first kappa shape index (κ1) is 15.2. The summed E-state index contributed by atoms with van der Waals surface area (Å²) in [6, 6.07) is -1.38. The third-order valence-electron chi connectivity index (χ3n) is 2.92. The Balaban J connectivity index is 2.08. The fraction of sp³-hybridized carbons (Fsp3) is 0.545. The number of hydrogen-bond donors (Lipinski definition) is 2. The normalized spacial score (nSPS) is 18.1. The number of hydrogen-bond acceptors (Lipinski definition) is 7. The topological polar surface area (TPSA) is 114 Å². The zero-order valence-electron chi connectivity index (χ0n) is 11.6. The number of methoxy groups -OCH3 is 1. The van der Waals surface area contributed by atoms with Gasteiger partial charge in [-0.15, -0.1) is 0 Å². The highest BCUT2D eigenvalue weighted by Crippen LogP contribution is 2.15. The quantitative estimate of drug-likeness (QED) is 0.743. The number of nitrogens with zero attached hydrogens (tertiary/aromatic N) is 3. The summed E-state index contributed by atoms with van der Waals surface area (Å²) < 4.78 is 8.51. The molecular weight excluding hydrogens is 298 g/mol. The van der Waals surface area contributed by atoms with E-state index in [1.54, 1.807) is 6.92 Å². The molecule has 0 saturated carbocycles. The lowest BCUT2D eigenvalue weighted by molar-refractivity contribution is -0.145.